The smallest absolute Gasteiger partial charge is 0.229 e. The zero-order valence-corrected chi connectivity index (χ0v) is 15.0. The first-order chi connectivity index (χ1) is 12.0. The van der Waals surface area contributed by atoms with Gasteiger partial charge in [0.25, 0.3) is 0 Å². The summed E-state index contributed by atoms with van der Waals surface area (Å²) in [6, 6.07) is 12.0. The predicted octanol–water partition coefficient (Wildman–Crippen LogP) is 3.99. The number of carbonyl (C=O) groups is 2. The minimum absolute atomic E-state index is 0.0877. The summed E-state index contributed by atoms with van der Waals surface area (Å²) in [5, 5.41) is 3.80. The summed E-state index contributed by atoms with van der Waals surface area (Å²) < 4.78 is 5.08. The molecule has 0 bridgehead atoms. The lowest BCUT2D eigenvalue weighted by molar-refractivity contribution is -0.122. The van der Waals surface area contributed by atoms with Gasteiger partial charge >= 0.3 is 0 Å². The fraction of sp³-hybridized carbons (Fsp3) is 0.222. The van der Waals surface area contributed by atoms with E-state index in [1.807, 2.05) is 0 Å². The van der Waals surface area contributed by atoms with Crippen molar-refractivity contribution >= 4 is 46.4 Å². The van der Waals surface area contributed by atoms with E-state index in [0.717, 1.165) is 5.69 Å². The zero-order chi connectivity index (χ0) is 18.0. The van der Waals surface area contributed by atoms with Crippen molar-refractivity contribution in [1.29, 1.82) is 0 Å². The second-order valence-electron chi connectivity index (χ2n) is 5.72. The summed E-state index contributed by atoms with van der Waals surface area (Å²) in [7, 11) is 1.52. The summed E-state index contributed by atoms with van der Waals surface area (Å²) in [6.45, 7) is 0.330. The molecule has 3 rings (SSSR count). The van der Waals surface area contributed by atoms with Gasteiger partial charge in [0.15, 0.2) is 0 Å². The summed E-state index contributed by atoms with van der Waals surface area (Å²) >= 11 is 11.9. The molecular formula is C18H16Cl2N2O3. The number of amides is 2. The molecule has 0 saturated carbocycles. The number of anilines is 2. The van der Waals surface area contributed by atoms with Crippen molar-refractivity contribution in [1.82, 2.24) is 0 Å². The predicted molar refractivity (Wildman–Crippen MR) is 98.5 cm³/mol. The van der Waals surface area contributed by atoms with Crippen molar-refractivity contribution in [2.24, 2.45) is 5.92 Å². The second-order valence-corrected chi connectivity index (χ2v) is 6.56. The maximum atomic E-state index is 12.5. The molecular weight excluding hydrogens is 363 g/mol. The number of hydrogen-bond donors (Lipinski definition) is 1. The molecule has 2 aromatic carbocycles. The first-order valence-electron chi connectivity index (χ1n) is 7.68. The molecule has 1 saturated heterocycles. The van der Waals surface area contributed by atoms with Crippen molar-refractivity contribution in [2.45, 2.75) is 6.42 Å². The van der Waals surface area contributed by atoms with Crippen LogP contribution < -0.4 is 15.0 Å². The highest BCUT2D eigenvalue weighted by atomic mass is 35.5. The third kappa shape index (κ3) is 3.89. The van der Waals surface area contributed by atoms with Crippen molar-refractivity contribution in [3.8, 4) is 5.75 Å². The Balaban J connectivity index is 1.68. The molecule has 7 heteroatoms. The number of halogens is 2. The van der Waals surface area contributed by atoms with E-state index in [1.54, 1.807) is 47.4 Å². The lowest BCUT2D eigenvalue weighted by Gasteiger charge is -2.17. The number of benzene rings is 2. The van der Waals surface area contributed by atoms with Gasteiger partial charge in [0.05, 0.1) is 18.1 Å². The van der Waals surface area contributed by atoms with E-state index in [9.17, 15) is 9.59 Å². The van der Waals surface area contributed by atoms with Gasteiger partial charge in [-0.05, 0) is 42.5 Å². The van der Waals surface area contributed by atoms with E-state index in [4.69, 9.17) is 27.9 Å². The monoisotopic (exact) mass is 378 g/mol. The normalized spacial score (nSPS) is 16.8. The Bertz CT molecular complexity index is 808. The van der Waals surface area contributed by atoms with Crippen LogP contribution in [-0.4, -0.2) is 25.5 Å². The van der Waals surface area contributed by atoms with Gasteiger partial charge in [-0.15, -0.1) is 0 Å². The van der Waals surface area contributed by atoms with E-state index in [0.29, 0.717) is 28.0 Å². The van der Waals surface area contributed by atoms with Crippen LogP contribution in [-0.2, 0) is 9.59 Å². The van der Waals surface area contributed by atoms with Crippen LogP contribution in [0.3, 0.4) is 0 Å². The zero-order valence-electron chi connectivity index (χ0n) is 13.5. The minimum Gasteiger partial charge on any atom is -0.495 e. The minimum atomic E-state index is -0.427. The van der Waals surface area contributed by atoms with Gasteiger partial charge in [-0.25, -0.2) is 0 Å². The summed E-state index contributed by atoms with van der Waals surface area (Å²) in [5.74, 6) is -0.199. The fourth-order valence-corrected chi connectivity index (χ4v) is 3.13. The highest BCUT2D eigenvalue weighted by Crippen LogP contribution is 2.29. The fourth-order valence-electron chi connectivity index (χ4n) is 2.74. The molecule has 1 unspecified atom stereocenters. The number of nitrogens with one attached hydrogen (secondary N) is 1. The number of carbonyl (C=O) groups excluding carboxylic acids is 2. The van der Waals surface area contributed by atoms with Crippen molar-refractivity contribution in [3.05, 3.63) is 52.5 Å². The molecule has 1 aliphatic rings. The van der Waals surface area contributed by atoms with Crippen LogP contribution in [0.15, 0.2) is 42.5 Å². The Hall–Kier alpha value is -2.24. The van der Waals surface area contributed by atoms with Crippen LogP contribution in [0.5, 0.6) is 5.75 Å². The maximum Gasteiger partial charge on any atom is 0.229 e. The summed E-state index contributed by atoms with van der Waals surface area (Å²) in [5.41, 5.74) is 1.30. The van der Waals surface area contributed by atoms with Crippen LogP contribution in [0.1, 0.15) is 6.42 Å². The molecule has 2 amide bonds. The lowest BCUT2D eigenvalue weighted by atomic mass is 10.1. The van der Waals surface area contributed by atoms with E-state index in [2.05, 4.69) is 5.32 Å². The van der Waals surface area contributed by atoms with E-state index in [1.165, 1.54) is 7.11 Å². The third-order valence-electron chi connectivity index (χ3n) is 4.05. The van der Waals surface area contributed by atoms with E-state index in [-0.39, 0.29) is 18.2 Å². The molecule has 1 aliphatic heterocycles. The van der Waals surface area contributed by atoms with Crippen LogP contribution in [0.4, 0.5) is 11.4 Å². The largest absolute Gasteiger partial charge is 0.495 e. The lowest BCUT2D eigenvalue weighted by Crippen LogP contribution is -2.28. The second kappa shape index (κ2) is 7.33. The molecule has 0 aromatic heterocycles. The number of rotatable bonds is 4. The maximum absolute atomic E-state index is 12.5. The average Bonchev–Trinajstić information content (AvgIpc) is 2.98. The van der Waals surface area contributed by atoms with Crippen molar-refractivity contribution in [2.75, 3.05) is 23.9 Å². The molecule has 1 atom stereocenters. The van der Waals surface area contributed by atoms with Gasteiger partial charge in [0.1, 0.15) is 5.75 Å². The van der Waals surface area contributed by atoms with Gasteiger partial charge in [-0.3, -0.25) is 9.59 Å². The number of hydrogen-bond acceptors (Lipinski definition) is 3. The molecule has 0 aliphatic carbocycles. The van der Waals surface area contributed by atoms with Gasteiger partial charge in [-0.1, -0.05) is 23.2 Å². The number of methoxy groups -OCH3 is 1. The van der Waals surface area contributed by atoms with Gasteiger partial charge < -0.3 is 15.0 Å². The Morgan fingerprint density at radius 3 is 2.56 bits per heavy atom. The van der Waals surface area contributed by atoms with Gasteiger partial charge in [0.2, 0.25) is 11.8 Å². The van der Waals surface area contributed by atoms with Crippen LogP contribution >= 0.6 is 23.2 Å². The number of nitrogens with zero attached hydrogens (tertiary/aromatic N) is 1. The highest BCUT2D eigenvalue weighted by Gasteiger charge is 2.35. The van der Waals surface area contributed by atoms with E-state index < -0.39 is 5.92 Å². The van der Waals surface area contributed by atoms with Crippen molar-refractivity contribution < 1.29 is 14.3 Å². The van der Waals surface area contributed by atoms with Crippen molar-refractivity contribution in [3.63, 3.8) is 0 Å². The first kappa shape index (κ1) is 17.6. The standard InChI is InChI=1S/C18H16Cl2N2O3/c1-25-16-7-4-13(9-15(16)20)21-18(24)11-8-17(23)22(10-11)14-5-2-12(19)3-6-14/h2-7,9,11H,8,10H2,1H3,(H,21,24). The molecule has 130 valence electrons. The van der Waals surface area contributed by atoms with E-state index >= 15 is 0 Å². The molecule has 0 spiro atoms. The molecule has 0 radical (unpaired) electrons. The van der Waals surface area contributed by atoms with Crippen LogP contribution in [0, 0.1) is 5.92 Å². The van der Waals surface area contributed by atoms with Crippen LogP contribution in [0.25, 0.3) is 0 Å². The average molecular weight is 379 g/mol. The SMILES string of the molecule is COc1ccc(NC(=O)C2CC(=O)N(c3ccc(Cl)cc3)C2)cc1Cl. The number of ether oxygens (including phenoxy) is 1. The molecule has 1 N–H and O–H groups in total. The summed E-state index contributed by atoms with van der Waals surface area (Å²) in [6.07, 6.45) is 0.165. The summed E-state index contributed by atoms with van der Waals surface area (Å²) in [4.78, 5) is 26.3. The Morgan fingerprint density at radius 2 is 1.92 bits per heavy atom. The molecule has 1 fully saturated rings. The van der Waals surface area contributed by atoms with Crippen LogP contribution in [0.2, 0.25) is 10.0 Å². The third-order valence-corrected chi connectivity index (χ3v) is 4.60. The molecule has 2 aromatic rings. The van der Waals surface area contributed by atoms with Gasteiger partial charge in [0, 0.05) is 29.4 Å². The topological polar surface area (TPSA) is 58.6 Å². The quantitative estimate of drug-likeness (QED) is 0.874. The van der Waals surface area contributed by atoms with Gasteiger partial charge in [-0.2, -0.15) is 0 Å². The molecule has 1 heterocycles. The molecule has 25 heavy (non-hydrogen) atoms. The first-order valence-corrected chi connectivity index (χ1v) is 8.44. The Morgan fingerprint density at radius 1 is 1.20 bits per heavy atom. The highest BCUT2D eigenvalue weighted by molar-refractivity contribution is 6.32. The Labute approximate surface area is 155 Å². The Kier molecular flexibility index (Phi) is 5.16. The molecule has 5 nitrogen and oxygen atoms in total.